The number of nitrogens with one attached hydrogen (secondary N) is 2. The van der Waals surface area contributed by atoms with Crippen molar-refractivity contribution in [2.75, 3.05) is 0 Å². The Bertz CT molecular complexity index is 910. The van der Waals surface area contributed by atoms with Crippen LogP contribution < -0.4 is 22.3 Å². The molecule has 2 aromatic rings. The molecule has 24 heavy (non-hydrogen) atoms. The van der Waals surface area contributed by atoms with Crippen LogP contribution in [0, 0.1) is 0 Å². The summed E-state index contributed by atoms with van der Waals surface area (Å²) in [6.45, 7) is 0. The average Bonchev–Trinajstić information content (AvgIpc) is 2.88. The Kier molecular flexibility index (Phi) is 4.18. The second-order valence-corrected chi connectivity index (χ2v) is 7.80. The molecule has 0 saturated heterocycles. The maximum atomic E-state index is 12.8. The van der Waals surface area contributed by atoms with Crippen molar-refractivity contribution in [3.05, 3.63) is 58.1 Å². The van der Waals surface area contributed by atoms with E-state index in [1.807, 2.05) is 0 Å². The van der Waals surface area contributed by atoms with Gasteiger partial charge in [-0.15, -0.1) is 0 Å². The molecule has 1 atom stereocenters. The minimum Gasteiger partial charge on any atom is -0.369 e. The minimum absolute atomic E-state index is 0.0614. The van der Waals surface area contributed by atoms with E-state index in [2.05, 4.69) is 15.8 Å². The van der Waals surface area contributed by atoms with Crippen LogP contribution in [0.15, 0.2) is 57.2 Å². The number of benzene rings is 2. The topological polar surface area (TPSA) is 123 Å². The van der Waals surface area contributed by atoms with E-state index in [0.717, 1.165) is 0 Å². The largest absolute Gasteiger partial charge is 0.369 e. The van der Waals surface area contributed by atoms with E-state index < -0.39 is 15.6 Å². The van der Waals surface area contributed by atoms with Crippen molar-refractivity contribution in [1.29, 1.82) is 0 Å². The summed E-state index contributed by atoms with van der Waals surface area (Å²) < 4.78 is 25.5. The first-order valence-corrected chi connectivity index (χ1v) is 8.95. The van der Waals surface area contributed by atoms with Gasteiger partial charge in [0.2, 0.25) is 21.6 Å². The van der Waals surface area contributed by atoms with E-state index in [1.54, 1.807) is 18.2 Å². The number of aliphatic imine (C=N–C) groups is 1. The summed E-state index contributed by atoms with van der Waals surface area (Å²) in [5.41, 5.74) is 17.2. The number of nitrogens with zero attached hydrogens (tertiary/aromatic N) is 1. The van der Waals surface area contributed by atoms with Crippen LogP contribution in [0.2, 0.25) is 10.0 Å². The van der Waals surface area contributed by atoms with Crippen molar-refractivity contribution in [3.63, 3.8) is 0 Å². The van der Waals surface area contributed by atoms with Gasteiger partial charge in [-0.3, -0.25) is 11.2 Å². The summed E-state index contributed by atoms with van der Waals surface area (Å²) in [6.07, 6.45) is 0. The van der Waals surface area contributed by atoms with Gasteiger partial charge in [-0.25, -0.2) is 13.4 Å². The van der Waals surface area contributed by atoms with Crippen molar-refractivity contribution in [3.8, 4) is 0 Å². The number of hydrogen-bond donors (Lipinski definition) is 4. The molecule has 0 aromatic heterocycles. The van der Waals surface area contributed by atoms with E-state index in [-0.39, 0.29) is 25.8 Å². The fourth-order valence-electron chi connectivity index (χ4n) is 2.30. The molecule has 0 spiro atoms. The molecule has 1 aliphatic rings. The first-order valence-electron chi connectivity index (χ1n) is 6.71. The van der Waals surface area contributed by atoms with Gasteiger partial charge < -0.3 is 5.73 Å². The highest BCUT2D eigenvalue weighted by Gasteiger charge is 2.34. The third kappa shape index (κ3) is 2.83. The molecule has 2 aromatic carbocycles. The Labute approximate surface area is 148 Å². The summed E-state index contributed by atoms with van der Waals surface area (Å²) in [5.74, 6) is -1.31. The molecule has 0 aliphatic carbocycles. The predicted molar refractivity (Wildman–Crippen MR) is 92.1 cm³/mol. The van der Waals surface area contributed by atoms with Crippen LogP contribution in [0.4, 0.5) is 0 Å². The molecule has 1 unspecified atom stereocenters. The second kappa shape index (κ2) is 5.91. The molecular formula is C14H13Cl2N5O2S. The number of halogens is 2. The zero-order valence-corrected chi connectivity index (χ0v) is 14.5. The van der Waals surface area contributed by atoms with Crippen molar-refractivity contribution in [2.45, 2.75) is 15.6 Å². The van der Waals surface area contributed by atoms with Crippen molar-refractivity contribution in [2.24, 2.45) is 16.5 Å². The number of hydrazine groups is 1. The van der Waals surface area contributed by atoms with Crippen molar-refractivity contribution >= 4 is 39.0 Å². The predicted octanol–water partition coefficient (Wildman–Crippen LogP) is 1.32. The lowest BCUT2D eigenvalue weighted by Gasteiger charge is -2.22. The molecule has 0 fully saturated rings. The van der Waals surface area contributed by atoms with Gasteiger partial charge in [0.25, 0.3) is 0 Å². The Morgan fingerprint density at radius 3 is 2.17 bits per heavy atom. The van der Waals surface area contributed by atoms with Gasteiger partial charge in [-0.05, 0) is 24.3 Å². The highest BCUT2D eigenvalue weighted by molar-refractivity contribution is 7.91. The van der Waals surface area contributed by atoms with Crippen LogP contribution in [0.5, 0.6) is 0 Å². The third-order valence-electron chi connectivity index (χ3n) is 3.44. The first kappa shape index (κ1) is 17.0. The van der Waals surface area contributed by atoms with Crippen LogP contribution in [-0.4, -0.2) is 14.4 Å². The SMILES string of the molecule is NC1=NC(N)(c2cc(Cl)c(S(=O)(=O)c3ccccc3)c(Cl)c2)NN1. The fraction of sp³-hybridized carbons (Fsp3) is 0.0714. The zero-order chi connectivity index (χ0) is 17.5. The highest BCUT2D eigenvalue weighted by Crippen LogP contribution is 2.37. The summed E-state index contributed by atoms with van der Waals surface area (Å²) in [4.78, 5) is 3.91. The van der Waals surface area contributed by atoms with Crippen LogP contribution in [0.1, 0.15) is 5.56 Å². The molecule has 126 valence electrons. The molecule has 3 rings (SSSR count). The molecule has 0 saturated carbocycles. The van der Waals surface area contributed by atoms with Gasteiger partial charge >= 0.3 is 0 Å². The normalized spacial score (nSPS) is 20.5. The standard InChI is InChI=1S/C14H13Cl2N5O2S/c15-10-6-8(14(18)19-13(17)20-21-14)7-11(16)12(10)24(22,23)9-4-2-1-3-5-9/h1-7,21H,18H2,(H3,17,19,20). The first-order chi connectivity index (χ1) is 11.2. The quantitative estimate of drug-likeness (QED) is 0.631. The Morgan fingerprint density at radius 2 is 1.67 bits per heavy atom. The molecule has 0 radical (unpaired) electrons. The second-order valence-electron chi connectivity index (χ2n) is 5.10. The van der Waals surface area contributed by atoms with Crippen LogP contribution >= 0.6 is 23.2 Å². The Morgan fingerprint density at radius 1 is 1.08 bits per heavy atom. The van der Waals surface area contributed by atoms with E-state index in [9.17, 15) is 8.42 Å². The van der Waals surface area contributed by atoms with Gasteiger partial charge in [0, 0.05) is 5.56 Å². The number of rotatable bonds is 3. The molecular weight excluding hydrogens is 373 g/mol. The number of guanidine groups is 1. The fourth-order valence-corrected chi connectivity index (χ4v) is 4.78. The maximum Gasteiger partial charge on any atom is 0.209 e. The molecule has 0 amide bonds. The van der Waals surface area contributed by atoms with E-state index >= 15 is 0 Å². The van der Waals surface area contributed by atoms with Gasteiger partial charge in [0.05, 0.1) is 14.9 Å². The molecule has 6 N–H and O–H groups in total. The summed E-state index contributed by atoms with van der Waals surface area (Å²) in [5, 5.41) is -0.123. The van der Waals surface area contributed by atoms with Gasteiger partial charge in [-0.1, -0.05) is 41.4 Å². The lowest BCUT2D eigenvalue weighted by atomic mass is 10.1. The van der Waals surface area contributed by atoms with Gasteiger partial charge in [-0.2, -0.15) is 5.43 Å². The third-order valence-corrected chi connectivity index (χ3v) is 6.13. The molecule has 7 nitrogen and oxygen atoms in total. The lowest BCUT2D eigenvalue weighted by molar-refractivity contribution is 0.375. The van der Waals surface area contributed by atoms with Crippen molar-refractivity contribution in [1.82, 2.24) is 10.9 Å². The number of sulfone groups is 1. The molecule has 0 bridgehead atoms. The number of nitrogens with two attached hydrogens (primary N) is 2. The highest BCUT2D eigenvalue weighted by atomic mass is 35.5. The Hall–Kier alpha value is -1.84. The average molecular weight is 386 g/mol. The van der Waals surface area contributed by atoms with Gasteiger partial charge in [0.1, 0.15) is 4.90 Å². The zero-order valence-electron chi connectivity index (χ0n) is 12.1. The molecule has 1 aliphatic heterocycles. The smallest absolute Gasteiger partial charge is 0.209 e. The molecule has 10 heteroatoms. The van der Waals surface area contributed by atoms with E-state index in [1.165, 1.54) is 24.3 Å². The van der Waals surface area contributed by atoms with Crippen LogP contribution in [0.25, 0.3) is 0 Å². The van der Waals surface area contributed by atoms with Crippen LogP contribution in [-0.2, 0) is 15.6 Å². The maximum absolute atomic E-state index is 12.8. The number of hydrogen-bond acceptors (Lipinski definition) is 7. The van der Waals surface area contributed by atoms with Crippen LogP contribution in [0.3, 0.4) is 0 Å². The monoisotopic (exact) mass is 385 g/mol. The van der Waals surface area contributed by atoms with E-state index in [0.29, 0.717) is 5.56 Å². The lowest BCUT2D eigenvalue weighted by Crippen LogP contribution is -2.50. The summed E-state index contributed by atoms with van der Waals surface area (Å²) in [7, 11) is -3.87. The van der Waals surface area contributed by atoms with Crippen molar-refractivity contribution < 1.29 is 8.42 Å². The minimum atomic E-state index is -3.87. The van der Waals surface area contributed by atoms with E-state index in [4.69, 9.17) is 34.7 Å². The molecule has 1 heterocycles. The Balaban J connectivity index is 2.13. The summed E-state index contributed by atoms with van der Waals surface area (Å²) >= 11 is 12.4. The van der Waals surface area contributed by atoms with Gasteiger partial charge in [0.15, 0.2) is 0 Å². The summed E-state index contributed by atoms with van der Waals surface area (Å²) in [6, 6.07) is 10.7.